The van der Waals surface area contributed by atoms with Gasteiger partial charge in [0.2, 0.25) is 0 Å². The van der Waals surface area contributed by atoms with E-state index in [0.717, 1.165) is 60.8 Å². The molecule has 6 atom stereocenters. The van der Waals surface area contributed by atoms with Gasteiger partial charge in [-0.25, -0.2) is 0 Å². The smallest absolute Gasteiger partial charge is 0.134 e. The summed E-state index contributed by atoms with van der Waals surface area (Å²) >= 11 is 0. The topological polar surface area (TPSA) is 60.7 Å². The third kappa shape index (κ3) is 5.42. The van der Waals surface area contributed by atoms with Crippen LogP contribution < -0.4 is 0 Å². The Morgan fingerprint density at radius 3 is 1.54 bits per heavy atom. The van der Waals surface area contributed by atoms with Crippen molar-refractivity contribution >= 4 is 5.57 Å². The van der Waals surface area contributed by atoms with Crippen LogP contribution in [0.2, 0.25) is 0 Å². The number of rotatable bonds is 6. The van der Waals surface area contributed by atoms with Crippen LogP contribution in [0.1, 0.15) is 109 Å². The largest absolute Gasteiger partial charge is 0.507 e. The third-order valence-corrected chi connectivity index (χ3v) is 9.55. The fourth-order valence-corrected chi connectivity index (χ4v) is 7.33. The molecule has 0 aliphatic heterocycles. The van der Waals surface area contributed by atoms with Gasteiger partial charge in [-0.05, 0) is 96.5 Å². The molecule has 210 valence electrons. The van der Waals surface area contributed by atoms with E-state index in [4.69, 9.17) is 0 Å². The molecule has 0 aromatic heterocycles. The van der Waals surface area contributed by atoms with Gasteiger partial charge in [0, 0.05) is 28.9 Å². The zero-order valence-corrected chi connectivity index (χ0v) is 24.9. The van der Waals surface area contributed by atoms with Crippen LogP contribution in [-0.4, -0.2) is 15.3 Å². The van der Waals surface area contributed by atoms with Gasteiger partial charge in [-0.15, -0.1) is 0 Å². The van der Waals surface area contributed by atoms with Crippen LogP contribution in [0, 0.1) is 23.7 Å². The maximum Gasteiger partial charge on any atom is 0.134 e. The Morgan fingerprint density at radius 2 is 1.13 bits per heavy atom. The summed E-state index contributed by atoms with van der Waals surface area (Å²) in [7, 11) is 0. The van der Waals surface area contributed by atoms with E-state index in [-0.39, 0.29) is 46.8 Å². The highest BCUT2D eigenvalue weighted by Crippen LogP contribution is 2.58. The lowest BCUT2D eigenvalue weighted by Crippen LogP contribution is -2.21. The molecule has 0 saturated heterocycles. The standard InChI is InChI=1S/C36H48O3/c1-19(2)25-13-10-22(7)16-28(25)31-34(37)32(29-17-23(8)11-14-26(29)20(3)4)36(39)33(35(31)38)30-18-24(9)12-15-27(30)21(5)6/h16-18,22,25-27,29-30,37-39H,1,3,5,10-15H2,2,4,6-9H3. The van der Waals surface area contributed by atoms with E-state index >= 15 is 0 Å². The van der Waals surface area contributed by atoms with E-state index in [1.165, 1.54) is 11.1 Å². The molecule has 3 heteroatoms. The summed E-state index contributed by atoms with van der Waals surface area (Å²) in [5.41, 5.74) is 8.00. The fourth-order valence-electron chi connectivity index (χ4n) is 7.33. The van der Waals surface area contributed by atoms with Gasteiger partial charge in [-0.2, -0.15) is 0 Å². The van der Waals surface area contributed by atoms with Gasteiger partial charge in [0.05, 0.1) is 5.56 Å². The molecule has 0 heterocycles. The minimum Gasteiger partial charge on any atom is -0.507 e. The number of allylic oxidation sites excluding steroid dienone is 9. The van der Waals surface area contributed by atoms with Gasteiger partial charge in [0.1, 0.15) is 17.2 Å². The number of benzene rings is 1. The molecular formula is C36H48O3. The summed E-state index contributed by atoms with van der Waals surface area (Å²) in [5, 5.41) is 36.3. The van der Waals surface area contributed by atoms with Crippen molar-refractivity contribution in [3.8, 4) is 17.2 Å². The Balaban J connectivity index is 2.11. The van der Waals surface area contributed by atoms with Crippen LogP contribution >= 0.6 is 0 Å². The normalized spacial score (nSPS) is 29.2. The second-order valence-corrected chi connectivity index (χ2v) is 12.9. The van der Waals surface area contributed by atoms with E-state index < -0.39 is 0 Å². The lowest BCUT2D eigenvalue weighted by molar-refractivity contribution is 0.374. The van der Waals surface area contributed by atoms with Crippen LogP contribution in [0.3, 0.4) is 0 Å². The molecule has 3 N–H and O–H groups in total. The summed E-state index contributed by atoms with van der Waals surface area (Å²) in [6.07, 6.45) is 12.3. The van der Waals surface area contributed by atoms with E-state index in [0.29, 0.717) is 22.6 Å². The van der Waals surface area contributed by atoms with E-state index in [1.54, 1.807) is 0 Å². The predicted octanol–water partition coefficient (Wildman–Crippen LogP) is 9.84. The lowest BCUT2D eigenvalue weighted by atomic mass is 9.68. The first-order valence-electron chi connectivity index (χ1n) is 14.7. The first kappa shape index (κ1) is 29.1. The van der Waals surface area contributed by atoms with Crippen LogP contribution in [0.15, 0.2) is 65.8 Å². The predicted molar refractivity (Wildman–Crippen MR) is 164 cm³/mol. The van der Waals surface area contributed by atoms with Crippen LogP contribution in [0.4, 0.5) is 0 Å². The number of phenols is 3. The van der Waals surface area contributed by atoms with Crippen molar-refractivity contribution in [2.45, 2.75) is 91.9 Å². The summed E-state index contributed by atoms with van der Waals surface area (Å²) in [6, 6.07) is 0. The summed E-state index contributed by atoms with van der Waals surface area (Å²) in [6.45, 7) is 25.4. The molecule has 3 aliphatic rings. The average Bonchev–Trinajstić information content (AvgIpc) is 2.83. The Hall–Kier alpha value is -2.94. The van der Waals surface area contributed by atoms with Crippen molar-refractivity contribution in [3.05, 3.63) is 82.5 Å². The minimum absolute atomic E-state index is 0.00839. The molecule has 0 bridgehead atoms. The second-order valence-electron chi connectivity index (χ2n) is 12.9. The zero-order chi connectivity index (χ0) is 28.8. The van der Waals surface area contributed by atoms with Gasteiger partial charge in [-0.1, -0.05) is 72.8 Å². The summed E-state index contributed by atoms with van der Waals surface area (Å²) in [5.74, 6) is 0.0678. The molecule has 1 aromatic rings. The van der Waals surface area contributed by atoms with Crippen molar-refractivity contribution in [2.75, 3.05) is 0 Å². The van der Waals surface area contributed by atoms with Gasteiger partial charge in [0.15, 0.2) is 0 Å². The second kappa shape index (κ2) is 11.3. The zero-order valence-electron chi connectivity index (χ0n) is 24.9. The highest BCUT2D eigenvalue weighted by atomic mass is 16.3. The van der Waals surface area contributed by atoms with E-state index in [2.05, 4.69) is 58.7 Å². The Kier molecular flexibility index (Phi) is 8.40. The molecule has 3 nitrogen and oxygen atoms in total. The number of aromatic hydroxyl groups is 3. The highest BCUT2D eigenvalue weighted by Gasteiger charge is 2.40. The maximum absolute atomic E-state index is 12.1. The first-order valence-corrected chi connectivity index (χ1v) is 14.7. The number of hydrogen-bond acceptors (Lipinski definition) is 3. The van der Waals surface area contributed by atoms with Crippen LogP contribution in [0.5, 0.6) is 17.2 Å². The molecule has 0 amide bonds. The Labute approximate surface area is 236 Å². The molecule has 1 aromatic carbocycles. The summed E-state index contributed by atoms with van der Waals surface area (Å²) in [4.78, 5) is 0. The number of hydrogen-bond donors (Lipinski definition) is 3. The SMILES string of the molecule is C=C(C)C1CCC(C)C=C1c1c(O)c(C2C=C(C)CCC2C(=C)C)c(O)c(C2C=C(C)CCC2C(=C)C)c1O. The molecule has 0 saturated carbocycles. The number of phenolic OH excluding ortho intramolecular Hbond substituents is 3. The molecule has 0 radical (unpaired) electrons. The molecule has 6 unspecified atom stereocenters. The van der Waals surface area contributed by atoms with Crippen molar-refractivity contribution in [3.63, 3.8) is 0 Å². The molecule has 39 heavy (non-hydrogen) atoms. The van der Waals surface area contributed by atoms with Gasteiger partial charge >= 0.3 is 0 Å². The quantitative estimate of drug-likeness (QED) is 0.322. The van der Waals surface area contributed by atoms with E-state index in [1.807, 2.05) is 20.8 Å². The molecule has 4 rings (SSSR count). The minimum atomic E-state index is -0.226. The monoisotopic (exact) mass is 528 g/mol. The lowest BCUT2D eigenvalue weighted by Gasteiger charge is -2.37. The molecule has 3 aliphatic carbocycles. The Morgan fingerprint density at radius 1 is 0.667 bits per heavy atom. The van der Waals surface area contributed by atoms with Gasteiger partial charge in [0.25, 0.3) is 0 Å². The van der Waals surface area contributed by atoms with Gasteiger partial charge in [-0.3, -0.25) is 0 Å². The average molecular weight is 529 g/mol. The Bertz CT molecular complexity index is 1210. The van der Waals surface area contributed by atoms with Crippen LogP contribution in [0.25, 0.3) is 5.57 Å². The van der Waals surface area contributed by atoms with Crippen molar-refractivity contribution in [1.29, 1.82) is 0 Å². The summed E-state index contributed by atoms with van der Waals surface area (Å²) < 4.78 is 0. The highest BCUT2D eigenvalue weighted by molar-refractivity contribution is 5.83. The molecule has 0 fully saturated rings. The fraction of sp³-hybridized carbons (Fsp3) is 0.500. The first-order chi connectivity index (χ1) is 18.3. The van der Waals surface area contributed by atoms with Crippen molar-refractivity contribution in [1.82, 2.24) is 0 Å². The maximum atomic E-state index is 12.1. The third-order valence-electron chi connectivity index (χ3n) is 9.55. The van der Waals surface area contributed by atoms with E-state index in [9.17, 15) is 15.3 Å². The molecular weight excluding hydrogens is 480 g/mol. The van der Waals surface area contributed by atoms with Crippen LogP contribution in [-0.2, 0) is 0 Å². The van der Waals surface area contributed by atoms with Gasteiger partial charge < -0.3 is 15.3 Å². The van der Waals surface area contributed by atoms with Crippen molar-refractivity contribution < 1.29 is 15.3 Å². The van der Waals surface area contributed by atoms with Crippen molar-refractivity contribution in [2.24, 2.45) is 23.7 Å². The molecule has 0 spiro atoms.